The van der Waals surface area contributed by atoms with Crippen molar-refractivity contribution in [3.63, 3.8) is 0 Å². The van der Waals surface area contributed by atoms with Gasteiger partial charge in [0.25, 0.3) is 0 Å². The quantitative estimate of drug-likeness (QED) is 0.0873. The molecule has 0 unspecified atom stereocenters. The molecular weight excluding hydrogens is 871 g/mol. The number of nitrogens with one attached hydrogen (secondary N) is 7. The van der Waals surface area contributed by atoms with E-state index in [1.807, 2.05) is 12.2 Å². The third kappa shape index (κ3) is 20.1. The molecule has 67 heavy (non-hydrogen) atoms. The molecule has 21 nitrogen and oxygen atoms in total. The number of ketones is 1. The lowest BCUT2D eigenvalue weighted by atomic mass is 9.88. The number of aliphatic hydroxyl groups excluding tert-OH is 1. The second-order valence-electron chi connectivity index (χ2n) is 19.7. The Balaban J connectivity index is 3.78. The van der Waals surface area contributed by atoms with Gasteiger partial charge in [-0.25, -0.2) is 0 Å². The number of carbonyl (C=O) groups excluding carboxylic acids is 9. The minimum Gasteiger partial charge on any atom is -0.481 e. The highest BCUT2D eigenvalue weighted by molar-refractivity contribution is 6.00. The van der Waals surface area contributed by atoms with E-state index in [9.17, 15) is 58.2 Å². The van der Waals surface area contributed by atoms with Crippen molar-refractivity contribution in [1.82, 2.24) is 37.2 Å². The molecule has 0 fully saturated rings. The first-order valence-corrected chi connectivity index (χ1v) is 23.2. The highest BCUT2D eigenvalue weighted by atomic mass is 16.4. The Kier molecular flexibility index (Phi) is 23.8. The zero-order valence-corrected chi connectivity index (χ0v) is 41.3. The van der Waals surface area contributed by atoms with E-state index >= 15 is 0 Å². The predicted octanol–water partition coefficient (Wildman–Crippen LogP) is 0.246. The van der Waals surface area contributed by atoms with E-state index in [1.54, 1.807) is 48.5 Å². The highest BCUT2D eigenvalue weighted by Gasteiger charge is 2.42. The van der Waals surface area contributed by atoms with E-state index in [1.165, 1.54) is 27.7 Å². The van der Waals surface area contributed by atoms with Crippen molar-refractivity contribution in [3.05, 3.63) is 12.2 Å². The van der Waals surface area contributed by atoms with Gasteiger partial charge in [0, 0.05) is 24.3 Å². The molecule has 8 amide bonds. The summed E-state index contributed by atoms with van der Waals surface area (Å²) >= 11 is 0. The summed E-state index contributed by atoms with van der Waals surface area (Å²) in [5.74, 6) is -10.5. The van der Waals surface area contributed by atoms with Crippen LogP contribution in [0.15, 0.2) is 12.2 Å². The summed E-state index contributed by atoms with van der Waals surface area (Å²) in [7, 11) is 0. The van der Waals surface area contributed by atoms with E-state index in [2.05, 4.69) is 37.2 Å². The van der Waals surface area contributed by atoms with Gasteiger partial charge in [-0.15, -0.1) is 0 Å². The molecular formula is C46H79N9O12. The maximum absolute atomic E-state index is 14.2. The predicted molar refractivity (Wildman–Crippen MR) is 249 cm³/mol. The summed E-state index contributed by atoms with van der Waals surface area (Å²) in [5.41, 5.74) is 7.12. The van der Waals surface area contributed by atoms with E-state index in [-0.39, 0.29) is 31.6 Å². The van der Waals surface area contributed by atoms with Gasteiger partial charge < -0.3 is 58.9 Å². The van der Waals surface area contributed by atoms with Crippen LogP contribution in [0.2, 0.25) is 0 Å². The smallest absolute Gasteiger partial charge is 0.305 e. The molecule has 0 saturated heterocycles. The van der Waals surface area contributed by atoms with Crippen molar-refractivity contribution in [1.29, 1.82) is 0 Å². The third-order valence-electron chi connectivity index (χ3n) is 11.8. The van der Waals surface area contributed by atoms with Gasteiger partial charge in [-0.05, 0) is 105 Å². The first-order chi connectivity index (χ1) is 30.9. The molecule has 0 saturated carbocycles. The van der Waals surface area contributed by atoms with Crippen LogP contribution in [-0.2, 0) is 47.9 Å². The molecule has 21 heteroatoms. The van der Waals surface area contributed by atoms with Crippen molar-refractivity contribution in [2.75, 3.05) is 0 Å². The van der Waals surface area contributed by atoms with Gasteiger partial charge in [-0.1, -0.05) is 46.3 Å². The Morgan fingerprint density at radius 1 is 0.881 bits per heavy atom. The van der Waals surface area contributed by atoms with E-state index in [0.29, 0.717) is 32.1 Å². The average Bonchev–Trinajstić information content (AvgIpc) is 3.21. The molecule has 13 N–H and O–H groups in total. The molecule has 1 aliphatic heterocycles. The van der Waals surface area contributed by atoms with Crippen LogP contribution in [0.3, 0.4) is 0 Å². The van der Waals surface area contributed by atoms with Crippen LogP contribution >= 0.6 is 0 Å². The number of carbonyl (C=O) groups is 10. The number of rotatable bonds is 17. The third-order valence-corrected chi connectivity index (χ3v) is 11.8. The Morgan fingerprint density at radius 2 is 1.46 bits per heavy atom. The summed E-state index contributed by atoms with van der Waals surface area (Å²) < 4.78 is 0. The lowest BCUT2D eigenvalue weighted by Crippen LogP contribution is -2.65. The Hall–Kier alpha value is -5.44. The summed E-state index contributed by atoms with van der Waals surface area (Å²) in [6.07, 6.45) is 2.32. The van der Waals surface area contributed by atoms with Gasteiger partial charge in [0.05, 0.1) is 18.6 Å². The Morgan fingerprint density at radius 3 is 1.97 bits per heavy atom. The summed E-state index contributed by atoms with van der Waals surface area (Å²) in [4.78, 5) is 134. The Labute approximate surface area is 394 Å². The molecule has 0 aromatic carbocycles. The molecule has 380 valence electrons. The van der Waals surface area contributed by atoms with E-state index in [4.69, 9.17) is 11.5 Å². The molecule has 0 aliphatic carbocycles. The fourth-order valence-corrected chi connectivity index (χ4v) is 7.20. The maximum Gasteiger partial charge on any atom is 0.305 e. The van der Waals surface area contributed by atoms with Crippen molar-refractivity contribution in [2.45, 2.75) is 200 Å². The van der Waals surface area contributed by atoms with Crippen LogP contribution in [0.4, 0.5) is 0 Å². The number of carboxylic acid groups (broad SMARTS) is 1. The first kappa shape index (κ1) is 59.6. The minimum atomic E-state index is -1.73. The normalized spacial score (nSPS) is 25.7. The van der Waals surface area contributed by atoms with Crippen LogP contribution in [0.1, 0.15) is 147 Å². The van der Waals surface area contributed by atoms with Crippen molar-refractivity contribution in [3.8, 4) is 0 Å². The summed E-state index contributed by atoms with van der Waals surface area (Å²) in [6, 6.07) is -6.75. The molecule has 0 bridgehead atoms. The maximum atomic E-state index is 14.2. The second-order valence-corrected chi connectivity index (χ2v) is 19.7. The molecule has 10 atom stereocenters. The summed E-state index contributed by atoms with van der Waals surface area (Å²) in [6.45, 7) is 17.7. The van der Waals surface area contributed by atoms with Gasteiger partial charge in [0.1, 0.15) is 35.2 Å². The number of nitrogens with two attached hydrogens (primary N) is 2. The van der Waals surface area contributed by atoms with Crippen LogP contribution in [-0.4, -0.2) is 122 Å². The Bertz CT molecular complexity index is 1820. The lowest BCUT2D eigenvalue weighted by Gasteiger charge is -2.35. The zero-order chi connectivity index (χ0) is 51.6. The number of Topliss-reactive ketones (excluding diaryl/α,β-unsaturated/α-hetero) is 1. The van der Waals surface area contributed by atoms with Crippen molar-refractivity contribution >= 4 is 59.0 Å². The molecule has 1 rings (SSSR count). The van der Waals surface area contributed by atoms with Gasteiger partial charge >= 0.3 is 5.97 Å². The molecule has 0 spiro atoms. The van der Waals surface area contributed by atoms with Gasteiger partial charge in [0.2, 0.25) is 47.3 Å². The lowest BCUT2D eigenvalue weighted by molar-refractivity contribution is -0.143. The zero-order valence-electron chi connectivity index (χ0n) is 41.3. The SMILES string of the molecule is CC[C@H](C)[C@@H]1NC(=O)[C@H](C)NC(=O)[C@@](C)(NC(=O)[C@H](CCC(N)=O)CC(=O)[C@H](N)[C@@H](C)O)CCC/C=C/CCC[C@@](C)(C(=O)N[C@H](C(=O)NC(C)(C)C)C(C)C)NC(=O)[C@H](CC(=O)O)NC1=O. The largest absolute Gasteiger partial charge is 0.481 e. The number of carboxylic acids is 1. The number of hydrogen-bond donors (Lipinski definition) is 11. The second kappa shape index (κ2) is 26.8. The number of allylic oxidation sites excluding steroid dienone is 2. The molecule has 0 radical (unpaired) electrons. The fraction of sp³-hybridized carbons (Fsp3) is 0.739. The van der Waals surface area contributed by atoms with Gasteiger partial charge in [-0.3, -0.25) is 47.9 Å². The number of amides is 8. The minimum absolute atomic E-state index is 0.00358. The monoisotopic (exact) mass is 950 g/mol. The standard InChI is InChI=1S/C46H79N9O12/c1-12-26(4)36-40(64)50-30(24-33(59)60)39(63)55-46(11,43(67)52-35(25(2)3)41(65)53-44(7,8)9)22-18-16-14-13-15-17-21-45(10,42(66)49-27(5)37(61)51-36)54-38(62)29(19-20-32(47)58)23-31(57)34(48)28(6)56/h13-14,25-30,34-36,56H,12,15-24,48H2,1-11H3,(H2,47,58)(H,49,66)(H,50,64)(H,51,61)(H,52,67)(H,53,65)(H,54,62)(H,55,63)(H,59,60)/b14-13+/t26-,27-,28+,29+,30-,34+,35-,36-,45-,46-/m0/s1. The average molecular weight is 950 g/mol. The topological polar surface area (TPSA) is 347 Å². The van der Waals surface area contributed by atoms with Gasteiger partial charge in [0.15, 0.2) is 5.78 Å². The van der Waals surface area contributed by atoms with E-state index < -0.39 is 137 Å². The summed E-state index contributed by atoms with van der Waals surface area (Å²) in [5, 5.41) is 38.4. The molecule has 0 aromatic heterocycles. The van der Waals surface area contributed by atoms with Crippen LogP contribution < -0.4 is 48.7 Å². The number of aliphatic carboxylic acids is 1. The number of primary amides is 1. The van der Waals surface area contributed by atoms with Crippen molar-refractivity contribution in [2.24, 2.45) is 29.2 Å². The fourth-order valence-electron chi connectivity index (χ4n) is 7.20. The number of hydrogen-bond acceptors (Lipinski definition) is 12. The van der Waals surface area contributed by atoms with Crippen LogP contribution in [0, 0.1) is 17.8 Å². The van der Waals surface area contributed by atoms with Gasteiger partial charge in [-0.2, -0.15) is 0 Å². The van der Waals surface area contributed by atoms with E-state index in [0.717, 1.165) is 0 Å². The molecule has 1 aliphatic rings. The van der Waals surface area contributed by atoms with Crippen LogP contribution in [0.25, 0.3) is 0 Å². The first-order valence-electron chi connectivity index (χ1n) is 23.2. The van der Waals surface area contributed by atoms with Crippen LogP contribution in [0.5, 0.6) is 0 Å². The molecule has 1 heterocycles. The highest BCUT2D eigenvalue weighted by Crippen LogP contribution is 2.22. The molecule has 0 aromatic rings. The number of aliphatic hydroxyl groups is 1. The van der Waals surface area contributed by atoms with Crippen molar-refractivity contribution < 1.29 is 58.2 Å².